The van der Waals surface area contributed by atoms with Gasteiger partial charge in [-0.05, 0) is 109 Å². The molecule has 0 aromatic heterocycles. The SMILES string of the molecule is CCN1CCc2cc(OC)c(O)c3c2[C@H]1Cc1ccc(O)c(c1)Oc1cc2c(cc1OC)CCN(CC)[C@H]2Cc1ccc(cc1)O3. The summed E-state index contributed by atoms with van der Waals surface area (Å²) in [6.45, 7) is 7.92. The van der Waals surface area contributed by atoms with Gasteiger partial charge in [0.15, 0.2) is 34.5 Å². The fourth-order valence-corrected chi connectivity index (χ4v) is 7.49. The second kappa shape index (κ2) is 12.4. The summed E-state index contributed by atoms with van der Waals surface area (Å²) < 4.78 is 24.5. The van der Waals surface area contributed by atoms with Crippen LogP contribution in [0.2, 0.25) is 0 Å². The van der Waals surface area contributed by atoms with Gasteiger partial charge in [-0.2, -0.15) is 0 Å². The van der Waals surface area contributed by atoms with Crippen LogP contribution in [0.3, 0.4) is 0 Å². The summed E-state index contributed by atoms with van der Waals surface area (Å²) in [7, 11) is 3.23. The lowest BCUT2D eigenvalue weighted by Crippen LogP contribution is -2.36. The van der Waals surface area contributed by atoms with Crippen molar-refractivity contribution in [1.82, 2.24) is 9.80 Å². The van der Waals surface area contributed by atoms with E-state index in [1.807, 2.05) is 30.3 Å². The molecular formula is C38H42N2O6. The minimum Gasteiger partial charge on any atom is -0.504 e. The van der Waals surface area contributed by atoms with Gasteiger partial charge in [0.25, 0.3) is 0 Å². The highest BCUT2D eigenvalue weighted by molar-refractivity contribution is 5.62. The van der Waals surface area contributed by atoms with Crippen molar-refractivity contribution >= 4 is 0 Å². The average Bonchev–Trinajstić information content (AvgIpc) is 3.07. The number of likely N-dealkylation sites (N-methyl/N-ethyl adjacent to an activating group) is 2. The molecule has 0 unspecified atom stereocenters. The molecule has 8 nitrogen and oxygen atoms in total. The van der Waals surface area contributed by atoms with Crippen molar-refractivity contribution in [3.8, 4) is 46.0 Å². The molecule has 8 rings (SSSR count). The lowest BCUT2D eigenvalue weighted by molar-refractivity contribution is 0.188. The Balaban J connectivity index is 1.42. The van der Waals surface area contributed by atoms with Gasteiger partial charge in [-0.25, -0.2) is 0 Å². The Bertz CT molecular complexity index is 1750. The van der Waals surface area contributed by atoms with Crippen molar-refractivity contribution in [2.45, 2.75) is 51.6 Å². The predicted molar refractivity (Wildman–Crippen MR) is 177 cm³/mol. The fourth-order valence-electron chi connectivity index (χ4n) is 7.49. The lowest BCUT2D eigenvalue weighted by Gasteiger charge is -2.38. The second-order valence-corrected chi connectivity index (χ2v) is 12.4. The van der Waals surface area contributed by atoms with Crippen molar-refractivity contribution in [1.29, 1.82) is 0 Å². The third kappa shape index (κ3) is 5.39. The summed E-state index contributed by atoms with van der Waals surface area (Å²) in [6, 6.07) is 20.0. The van der Waals surface area contributed by atoms with Gasteiger partial charge in [-0.15, -0.1) is 0 Å². The molecule has 0 amide bonds. The van der Waals surface area contributed by atoms with Crippen LogP contribution in [0.5, 0.6) is 46.0 Å². The molecule has 8 heteroatoms. The van der Waals surface area contributed by atoms with Gasteiger partial charge in [0.2, 0.25) is 5.75 Å². The zero-order valence-electron chi connectivity index (χ0n) is 27.0. The van der Waals surface area contributed by atoms with Crippen LogP contribution in [0.15, 0.2) is 60.7 Å². The molecule has 0 radical (unpaired) electrons. The first-order chi connectivity index (χ1) is 22.4. The Kier molecular flexibility index (Phi) is 8.17. The average molecular weight is 623 g/mol. The number of rotatable bonds is 4. The smallest absolute Gasteiger partial charge is 0.201 e. The molecule has 46 heavy (non-hydrogen) atoms. The molecule has 240 valence electrons. The van der Waals surface area contributed by atoms with E-state index < -0.39 is 0 Å². The van der Waals surface area contributed by atoms with Gasteiger partial charge in [0.05, 0.1) is 14.2 Å². The molecular weight excluding hydrogens is 580 g/mol. The molecule has 4 aliphatic heterocycles. The molecule has 4 aromatic carbocycles. The van der Waals surface area contributed by atoms with E-state index in [1.165, 1.54) is 16.7 Å². The first-order valence-corrected chi connectivity index (χ1v) is 16.3. The summed E-state index contributed by atoms with van der Waals surface area (Å²) in [6.07, 6.45) is 3.16. The van der Waals surface area contributed by atoms with Crippen LogP contribution in [0.4, 0.5) is 0 Å². The highest BCUT2D eigenvalue weighted by atomic mass is 16.5. The number of phenolic OH excluding ortho intramolecular Hbond substituents is 2. The second-order valence-electron chi connectivity index (χ2n) is 12.4. The zero-order valence-corrected chi connectivity index (χ0v) is 27.0. The van der Waals surface area contributed by atoms with E-state index in [-0.39, 0.29) is 23.6 Å². The van der Waals surface area contributed by atoms with E-state index in [4.69, 9.17) is 18.9 Å². The van der Waals surface area contributed by atoms with Crippen LogP contribution in [0.25, 0.3) is 0 Å². The van der Waals surface area contributed by atoms with Crippen molar-refractivity contribution in [3.05, 3.63) is 94.0 Å². The number of benzene rings is 4. The van der Waals surface area contributed by atoms with Gasteiger partial charge >= 0.3 is 0 Å². The van der Waals surface area contributed by atoms with Gasteiger partial charge in [-0.1, -0.05) is 32.0 Å². The number of methoxy groups -OCH3 is 2. The van der Waals surface area contributed by atoms with Crippen molar-refractivity contribution < 1.29 is 29.2 Å². The number of hydrogen-bond donors (Lipinski definition) is 2. The van der Waals surface area contributed by atoms with Gasteiger partial charge < -0.3 is 29.2 Å². The molecule has 6 bridgehead atoms. The minimum absolute atomic E-state index is 0.00341. The molecule has 0 saturated carbocycles. The standard InChI is InChI=1S/C38H42N2O6/c1-5-39-15-13-25-20-33(43-3)34-22-28(25)29(39)17-23-7-10-27(11-8-23)45-38-36-26(21-35(44-4)37(38)42)14-16-40(6-2)30(36)18-24-9-12-31(41)32(19-24)46-34/h7-12,19-22,29-30,41-42H,5-6,13-18H2,1-4H3/t29-,30+/m0/s1. The highest BCUT2D eigenvalue weighted by Gasteiger charge is 2.34. The Labute approximate surface area is 270 Å². The van der Waals surface area contributed by atoms with Gasteiger partial charge in [0, 0.05) is 30.7 Å². The molecule has 0 saturated heterocycles. The third-order valence-electron chi connectivity index (χ3n) is 9.96. The number of phenols is 2. The largest absolute Gasteiger partial charge is 0.504 e. The Morgan fingerprint density at radius 2 is 1.37 bits per heavy atom. The Hall–Kier alpha value is -4.40. The third-order valence-corrected chi connectivity index (χ3v) is 9.96. The maximum absolute atomic E-state index is 11.5. The molecule has 0 spiro atoms. The summed E-state index contributed by atoms with van der Waals surface area (Å²) in [4.78, 5) is 4.90. The first kappa shape index (κ1) is 30.3. The van der Waals surface area contributed by atoms with Crippen molar-refractivity contribution in [2.75, 3.05) is 40.4 Å². The quantitative estimate of drug-likeness (QED) is 0.245. The Morgan fingerprint density at radius 1 is 0.717 bits per heavy atom. The van der Waals surface area contributed by atoms with Crippen LogP contribution in [-0.4, -0.2) is 60.4 Å². The van der Waals surface area contributed by atoms with Crippen LogP contribution >= 0.6 is 0 Å². The van der Waals surface area contributed by atoms with Crippen LogP contribution < -0.4 is 18.9 Å². The molecule has 4 aliphatic rings. The van der Waals surface area contributed by atoms with Gasteiger partial charge in [-0.3, -0.25) is 9.80 Å². The van der Waals surface area contributed by atoms with Crippen molar-refractivity contribution in [3.63, 3.8) is 0 Å². The number of ether oxygens (including phenoxy) is 4. The van der Waals surface area contributed by atoms with E-state index in [0.717, 1.165) is 62.1 Å². The summed E-state index contributed by atoms with van der Waals surface area (Å²) in [5.74, 6) is 3.15. The maximum atomic E-state index is 11.5. The molecule has 0 fully saturated rings. The van der Waals surface area contributed by atoms with E-state index >= 15 is 0 Å². The van der Waals surface area contributed by atoms with Crippen LogP contribution in [0.1, 0.15) is 59.3 Å². The molecule has 4 heterocycles. The maximum Gasteiger partial charge on any atom is 0.201 e. The van der Waals surface area contributed by atoms with Crippen LogP contribution in [0, 0.1) is 0 Å². The zero-order chi connectivity index (χ0) is 31.9. The number of aromatic hydroxyl groups is 2. The topological polar surface area (TPSA) is 83.9 Å². The monoisotopic (exact) mass is 622 g/mol. The number of nitrogens with zero attached hydrogens (tertiary/aromatic N) is 2. The molecule has 2 atom stereocenters. The van der Waals surface area contributed by atoms with Crippen LogP contribution in [-0.2, 0) is 25.7 Å². The molecule has 4 aromatic rings. The predicted octanol–water partition coefficient (Wildman–Crippen LogP) is 7.34. The Morgan fingerprint density at radius 3 is 2.09 bits per heavy atom. The summed E-state index contributed by atoms with van der Waals surface area (Å²) in [5.41, 5.74) is 6.67. The highest BCUT2D eigenvalue weighted by Crippen LogP contribution is 2.50. The summed E-state index contributed by atoms with van der Waals surface area (Å²) in [5, 5.41) is 22.5. The lowest BCUT2D eigenvalue weighted by atomic mass is 9.87. The van der Waals surface area contributed by atoms with E-state index in [9.17, 15) is 10.2 Å². The minimum atomic E-state index is -0.0878. The number of fused-ring (bicyclic) bond motifs is 2. The van der Waals surface area contributed by atoms with E-state index in [2.05, 4.69) is 47.9 Å². The van der Waals surface area contributed by atoms with Crippen molar-refractivity contribution in [2.24, 2.45) is 0 Å². The van der Waals surface area contributed by atoms with E-state index in [1.54, 1.807) is 20.3 Å². The first-order valence-electron chi connectivity index (χ1n) is 16.3. The fraction of sp³-hybridized carbons (Fsp3) is 0.368. The summed E-state index contributed by atoms with van der Waals surface area (Å²) >= 11 is 0. The normalized spacial score (nSPS) is 19.3. The molecule has 0 aliphatic carbocycles. The van der Waals surface area contributed by atoms with Gasteiger partial charge in [0.1, 0.15) is 5.75 Å². The number of hydrogen-bond acceptors (Lipinski definition) is 8. The van der Waals surface area contributed by atoms with E-state index in [0.29, 0.717) is 40.9 Å². The molecule has 2 N–H and O–H groups in total.